The van der Waals surface area contributed by atoms with Gasteiger partial charge in [0.05, 0.1) is 0 Å². The van der Waals surface area contributed by atoms with Crippen molar-refractivity contribution in [2.45, 2.75) is 53.0 Å². The number of unbranched alkanes of at least 4 members (excludes halogenated alkanes) is 1. The van der Waals surface area contributed by atoms with Crippen LogP contribution in [0.3, 0.4) is 0 Å². The van der Waals surface area contributed by atoms with E-state index in [2.05, 4.69) is 34.8 Å². The molecular weight excluding hydrogens is 439 g/mol. The Morgan fingerprint density at radius 2 is 1.88 bits per heavy atom. The van der Waals surface area contributed by atoms with Gasteiger partial charge in [-0.05, 0) is 36.5 Å². The van der Waals surface area contributed by atoms with Crippen LogP contribution in [0.1, 0.15) is 62.4 Å². The highest BCUT2D eigenvalue weighted by Crippen LogP contribution is 2.06. The summed E-state index contributed by atoms with van der Waals surface area (Å²) >= 11 is 0. The summed E-state index contributed by atoms with van der Waals surface area (Å²) in [6.07, 6.45) is 4.58. The molecule has 0 unspecified atom stereocenters. The van der Waals surface area contributed by atoms with E-state index in [9.17, 15) is 4.79 Å². The summed E-state index contributed by atoms with van der Waals surface area (Å²) < 4.78 is 0. The second-order valence-corrected chi connectivity index (χ2v) is 6.70. The highest BCUT2D eigenvalue weighted by Gasteiger charge is 2.05. The molecule has 3 N–H and O–H groups in total. The number of halogens is 1. The number of aliphatic imine (C=N–C) groups is 1. The number of hydrogen-bond donors (Lipinski definition) is 3. The molecule has 0 aliphatic heterocycles. The fourth-order valence-corrected chi connectivity index (χ4v) is 2.45. The Morgan fingerprint density at radius 3 is 2.54 bits per heavy atom. The molecule has 0 atom stereocenters. The Kier molecular flexibility index (Phi) is 14.1. The van der Waals surface area contributed by atoms with Gasteiger partial charge in [-0.3, -0.25) is 9.79 Å². The molecular formula is C20H35IN4O. The third kappa shape index (κ3) is 10.6. The lowest BCUT2D eigenvalue weighted by Crippen LogP contribution is -2.37. The zero-order valence-electron chi connectivity index (χ0n) is 16.6. The number of carbonyl (C=O) groups is 1. The van der Waals surface area contributed by atoms with E-state index in [0.29, 0.717) is 18.7 Å². The first-order valence-electron chi connectivity index (χ1n) is 9.38. The van der Waals surface area contributed by atoms with Crippen molar-refractivity contribution in [1.82, 2.24) is 16.0 Å². The van der Waals surface area contributed by atoms with Crippen LogP contribution in [0.2, 0.25) is 0 Å². The third-order valence-electron chi connectivity index (χ3n) is 3.91. The Hall–Kier alpha value is -1.31. The number of guanidine groups is 1. The van der Waals surface area contributed by atoms with Gasteiger partial charge in [0, 0.05) is 32.2 Å². The smallest absolute Gasteiger partial charge is 0.251 e. The van der Waals surface area contributed by atoms with Crippen molar-refractivity contribution >= 4 is 35.8 Å². The summed E-state index contributed by atoms with van der Waals surface area (Å²) in [7, 11) is 1.78. The summed E-state index contributed by atoms with van der Waals surface area (Å²) in [5, 5.41) is 9.54. The van der Waals surface area contributed by atoms with E-state index < -0.39 is 0 Å². The molecule has 0 fully saturated rings. The quantitative estimate of drug-likeness (QED) is 0.208. The Labute approximate surface area is 175 Å². The first-order chi connectivity index (χ1) is 12.1. The fraction of sp³-hybridized carbons (Fsp3) is 0.600. The van der Waals surface area contributed by atoms with Gasteiger partial charge in [0.2, 0.25) is 0 Å². The Bertz CT molecular complexity index is 546. The van der Waals surface area contributed by atoms with E-state index >= 15 is 0 Å². The van der Waals surface area contributed by atoms with Gasteiger partial charge in [-0.1, -0.05) is 45.7 Å². The van der Waals surface area contributed by atoms with Gasteiger partial charge in [0.15, 0.2) is 5.96 Å². The summed E-state index contributed by atoms with van der Waals surface area (Å²) in [5.41, 5.74) is 1.76. The standard InChI is InChI=1S/C20H34N4O.HI/c1-5-12-22-19(25)18-11-8-10-17(14-18)15-24-20(21-4)23-13-7-6-9-16(2)3;/h8,10-11,14,16H,5-7,9,12-13,15H2,1-4H3,(H,22,25)(H2,21,23,24);1H. The van der Waals surface area contributed by atoms with Crippen LogP contribution < -0.4 is 16.0 Å². The largest absolute Gasteiger partial charge is 0.356 e. The van der Waals surface area contributed by atoms with E-state index in [4.69, 9.17) is 0 Å². The highest BCUT2D eigenvalue weighted by atomic mass is 127. The van der Waals surface area contributed by atoms with E-state index in [0.717, 1.165) is 36.8 Å². The van der Waals surface area contributed by atoms with Crippen LogP contribution in [-0.4, -0.2) is 32.0 Å². The van der Waals surface area contributed by atoms with Crippen LogP contribution in [0.15, 0.2) is 29.3 Å². The van der Waals surface area contributed by atoms with Crippen LogP contribution in [0.4, 0.5) is 0 Å². The van der Waals surface area contributed by atoms with Gasteiger partial charge in [0.25, 0.3) is 5.91 Å². The van der Waals surface area contributed by atoms with Crippen molar-refractivity contribution in [2.75, 3.05) is 20.1 Å². The molecule has 0 saturated heterocycles. The zero-order valence-corrected chi connectivity index (χ0v) is 18.9. The summed E-state index contributed by atoms with van der Waals surface area (Å²) in [5.74, 6) is 1.54. The first kappa shape index (κ1) is 24.7. The lowest BCUT2D eigenvalue weighted by atomic mass is 10.1. The molecule has 1 amide bonds. The van der Waals surface area contributed by atoms with E-state index in [1.807, 2.05) is 31.2 Å². The van der Waals surface area contributed by atoms with Crippen molar-refractivity contribution in [3.05, 3.63) is 35.4 Å². The van der Waals surface area contributed by atoms with Crippen LogP contribution in [-0.2, 0) is 6.54 Å². The number of carbonyl (C=O) groups excluding carboxylic acids is 1. The molecule has 0 aliphatic carbocycles. The van der Waals surface area contributed by atoms with Gasteiger partial charge in [0.1, 0.15) is 0 Å². The van der Waals surface area contributed by atoms with Gasteiger partial charge in [-0.2, -0.15) is 0 Å². The third-order valence-corrected chi connectivity index (χ3v) is 3.91. The summed E-state index contributed by atoms with van der Waals surface area (Å²) in [6, 6.07) is 7.70. The minimum absolute atomic E-state index is 0. The normalized spacial score (nSPS) is 11.0. The predicted molar refractivity (Wildman–Crippen MR) is 121 cm³/mol. The maximum atomic E-state index is 12.0. The average molecular weight is 474 g/mol. The van der Waals surface area contributed by atoms with Crippen molar-refractivity contribution < 1.29 is 4.79 Å². The van der Waals surface area contributed by atoms with Gasteiger partial charge < -0.3 is 16.0 Å². The maximum Gasteiger partial charge on any atom is 0.251 e. The average Bonchev–Trinajstić information content (AvgIpc) is 2.61. The molecule has 0 radical (unpaired) electrons. The second kappa shape index (κ2) is 14.8. The minimum Gasteiger partial charge on any atom is -0.356 e. The molecule has 5 nitrogen and oxygen atoms in total. The molecule has 1 aromatic rings. The molecule has 0 aromatic heterocycles. The number of benzene rings is 1. The number of nitrogens with zero attached hydrogens (tertiary/aromatic N) is 1. The van der Waals surface area contributed by atoms with Gasteiger partial charge >= 0.3 is 0 Å². The lowest BCUT2D eigenvalue weighted by Gasteiger charge is -2.13. The number of nitrogens with one attached hydrogen (secondary N) is 3. The van der Waals surface area contributed by atoms with Gasteiger partial charge in [-0.25, -0.2) is 0 Å². The van der Waals surface area contributed by atoms with Crippen LogP contribution in [0.25, 0.3) is 0 Å². The van der Waals surface area contributed by atoms with Crippen molar-refractivity contribution in [3.63, 3.8) is 0 Å². The van der Waals surface area contributed by atoms with E-state index in [1.54, 1.807) is 7.05 Å². The SMILES string of the molecule is CCCNC(=O)c1cccc(CNC(=NC)NCCCCC(C)C)c1.I. The molecule has 0 saturated carbocycles. The van der Waals surface area contributed by atoms with Crippen LogP contribution in [0.5, 0.6) is 0 Å². The van der Waals surface area contributed by atoms with Crippen molar-refractivity contribution in [1.29, 1.82) is 0 Å². The molecule has 148 valence electrons. The molecule has 0 spiro atoms. The monoisotopic (exact) mass is 474 g/mol. The number of amides is 1. The topological polar surface area (TPSA) is 65.5 Å². The Morgan fingerprint density at radius 1 is 1.12 bits per heavy atom. The molecule has 0 heterocycles. The second-order valence-electron chi connectivity index (χ2n) is 6.70. The molecule has 1 aromatic carbocycles. The molecule has 0 bridgehead atoms. The maximum absolute atomic E-state index is 12.0. The predicted octanol–water partition coefficient (Wildman–Crippen LogP) is 3.94. The molecule has 6 heteroatoms. The number of rotatable bonds is 10. The number of hydrogen-bond acceptors (Lipinski definition) is 2. The molecule has 0 aliphatic rings. The fourth-order valence-electron chi connectivity index (χ4n) is 2.45. The molecule has 26 heavy (non-hydrogen) atoms. The minimum atomic E-state index is -0.0173. The van der Waals surface area contributed by atoms with Gasteiger partial charge in [-0.15, -0.1) is 24.0 Å². The van der Waals surface area contributed by atoms with E-state index in [-0.39, 0.29) is 29.9 Å². The summed E-state index contributed by atoms with van der Waals surface area (Å²) in [6.45, 7) is 8.82. The summed E-state index contributed by atoms with van der Waals surface area (Å²) in [4.78, 5) is 16.3. The van der Waals surface area contributed by atoms with E-state index in [1.165, 1.54) is 12.8 Å². The highest BCUT2D eigenvalue weighted by molar-refractivity contribution is 14.0. The zero-order chi connectivity index (χ0) is 18.5. The molecule has 1 rings (SSSR count). The lowest BCUT2D eigenvalue weighted by molar-refractivity contribution is 0.0953. The van der Waals surface area contributed by atoms with Crippen molar-refractivity contribution in [2.24, 2.45) is 10.9 Å². The van der Waals surface area contributed by atoms with Crippen LogP contribution >= 0.6 is 24.0 Å². The Balaban J connectivity index is 0.00000625. The first-order valence-corrected chi connectivity index (χ1v) is 9.38. The van der Waals surface area contributed by atoms with Crippen molar-refractivity contribution in [3.8, 4) is 0 Å². The van der Waals surface area contributed by atoms with Crippen LogP contribution in [0, 0.1) is 5.92 Å².